The third kappa shape index (κ3) is 2.96. The largest absolute Gasteiger partial charge is 0.381 e. The fraction of sp³-hybridized carbons (Fsp3) is 0.533. The summed E-state index contributed by atoms with van der Waals surface area (Å²) in [5.74, 6) is 0.0153. The summed E-state index contributed by atoms with van der Waals surface area (Å²) in [7, 11) is 0. The van der Waals surface area contributed by atoms with E-state index in [1.807, 2.05) is 25.1 Å². The van der Waals surface area contributed by atoms with Crippen molar-refractivity contribution in [3.05, 3.63) is 29.3 Å². The molecule has 1 aromatic rings. The zero-order chi connectivity index (χ0) is 13.9. The van der Waals surface area contributed by atoms with Crippen LogP contribution >= 0.6 is 0 Å². The lowest BCUT2D eigenvalue weighted by Gasteiger charge is -2.34. The lowest BCUT2D eigenvalue weighted by molar-refractivity contribution is -0.130. The Morgan fingerprint density at radius 1 is 1.32 bits per heavy atom. The van der Waals surface area contributed by atoms with Gasteiger partial charge in [0, 0.05) is 25.4 Å². The Morgan fingerprint density at radius 2 is 2.00 bits per heavy atom. The zero-order valence-corrected chi connectivity index (χ0v) is 11.7. The van der Waals surface area contributed by atoms with E-state index in [0.717, 1.165) is 5.69 Å². The average molecular weight is 262 g/mol. The van der Waals surface area contributed by atoms with E-state index in [9.17, 15) is 4.79 Å². The molecule has 0 bridgehead atoms. The predicted molar refractivity (Wildman–Crippen MR) is 76.1 cm³/mol. The number of benzene rings is 1. The van der Waals surface area contributed by atoms with Gasteiger partial charge in [0.2, 0.25) is 5.91 Å². The minimum Gasteiger partial charge on any atom is -0.381 e. The van der Waals surface area contributed by atoms with Crippen molar-refractivity contribution >= 4 is 11.6 Å². The van der Waals surface area contributed by atoms with Crippen molar-refractivity contribution in [3.8, 4) is 0 Å². The van der Waals surface area contributed by atoms with Gasteiger partial charge in [-0.05, 0) is 49.9 Å². The highest BCUT2D eigenvalue weighted by Gasteiger charge is 2.38. The van der Waals surface area contributed by atoms with Gasteiger partial charge in [-0.3, -0.25) is 4.79 Å². The first-order chi connectivity index (χ1) is 9.07. The monoisotopic (exact) mass is 262 g/mol. The molecule has 1 amide bonds. The van der Waals surface area contributed by atoms with Crippen molar-refractivity contribution in [2.75, 3.05) is 25.1 Å². The summed E-state index contributed by atoms with van der Waals surface area (Å²) in [4.78, 5) is 12.5. The molecule has 0 radical (unpaired) electrons. The standard InChI is InChI=1S/C15H22N2O2/c1-11-3-4-13(9-12(11)2)17-14(18)15(10-16)5-7-19-8-6-15/h3-4,9H,5-8,10,16H2,1-2H3,(H,17,18). The molecule has 1 saturated heterocycles. The summed E-state index contributed by atoms with van der Waals surface area (Å²) in [5.41, 5.74) is 8.59. The van der Waals surface area contributed by atoms with Crippen LogP contribution in [0.25, 0.3) is 0 Å². The van der Waals surface area contributed by atoms with E-state index in [4.69, 9.17) is 10.5 Å². The summed E-state index contributed by atoms with van der Waals surface area (Å²) < 4.78 is 5.33. The molecule has 1 aliphatic rings. The molecule has 104 valence electrons. The molecule has 0 unspecified atom stereocenters. The summed E-state index contributed by atoms with van der Waals surface area (Å²) in [5, 5.41) is 3.00. The Bertz CT molecular complexity index is 465. The Balaban J connectivity index is 2.12. The van der Waals surface area contributed by atoms with Gasteiger partial charge in [0.15, 0.2) is 0 Å². The van der Waals surface area contributed by atoms with Crippen molar-refractivity contribution in [1.29, 1.82) is 0 Å². The lowest BCUT2D eigenvalue weighted by Crippen LogP contribution is -2.46. The Hall–Kier alpha value is -1.39. The molecule has 1 aromatic carbocycles. The molecule has 2 rings (SSSR count). The first-order valence-electron chi connectivity index (χ1n) is 6.74. The highest BCUT2D eigenvalue weighted by atomic mass is 16.5. The van der Waals surface area contributed by atoms with Gasteiger partial charge in [0.25, 0.3) is 0 Å². The number of hydrogen-bond donors (Lipinski definition) is 2. The van der Waals surface area contributed by atoms with Crippen LogP contribution in [0.4, 0.5) is 5.69 Å². The quantitative estimate of drug-likeness (QED) is 0.875. The second-order valence-corrected chi connectivity index (χ2v) is 5.35. The van der Waals surface area contributed by atoms with Gasteiger partial charge in [0.05, 0.1) is 5.41 Å². The fourth-order valence-corrected chi connectivity index (χ4v) is 2.37. The van der Waals surface area contributed by atoms with Crippen LogP contribution in [0.5, 0.6) is 0 Å². The maximum Gasteiger partial charge on any atom is 0.232 e. The van der Waals surface area contributed by atoms with Gasteiger partial charge in [-0.2, -0.15) is 0 Å². The van der Waals surface area contributed by atoms with E-state index < -0.39 is 5.41 Å². The third-order valence-electron chi connectivity index (χ3n) is 4.09. The van der Waals surface area contributed by atoms with Gasteiger partial charge in [-0.15, -0.1) is 0 Å². The summed E-state index contributed by atoms with van der Waals surface area (Å²) in [6.45, 7) is 5.68. The minimum absolute atomic E-state index is 0.0153. The van der Waals surface area contributed by atoms with Gasteiger partial charge >= 0.3 is 0 Å². The molecule has 4 heteroatoms. The van der Waals surface area contributed by atoms with Crippen LogP contribution in [0, 0.1) is 19.3 Å². The smallest absolute Gasteiger partial charge is 0.232 e. The van der Waals surface area contributed by atoms with E-state index >= 15 is 0 Å². The number of carbonyl (C=O) groups excluding carboxylic acids is 1. The molecule has 0 spiro atoms. The van der Waals surface area contributed by atoms with Crippen molar-refractivity contribution in [2.24, 2.45) is 11.1 Å². The van der Waals surface area contributed by atoms with E-state index in [2.05, 4.69) is 12.2 Å². The van der Waals surface area contributed by atoms with Gasteiger partial charge in [-0.25, -0.2) is 0 Å². The van der Waals surface area contributed by atoms with E-state index in [1.165, 1.54) is 11.1 Å². The van der Waals surface area contributed by atoms with Crippen LogP contribution < -0.4 is 11.1 Å². The highest BCUT2D eigenvalue weighted by Crippen LogP contribution is 2.31. The molecule has 0 aromatic heterocycles. The highest BCUT2D eigenvalue weighted by molar-refractivity contribution is 5.95. The number of nitrogens with two attached hydrogens (primary N) is 1. The van der Waals surface area contributed by atoms with Crippen molar-refractivity contribution in [2.45, 2.75) is 26.7 Å². The number of hydrogen-bond acceptors (Lipinski definition) is 3. The third-order valence-corrected chi connectivity index (χ3v) is 4.09. The molecule has 19 heavy (non-hydrogen) atoms. The van der Waals surface area contributed by atoms with Crippen LogP contribution in [0.2, 0.25) is 0 Å². The van der Waals surface area contributed by atoms with Crippen molar-refractivity contribution in [1.82, 2.24) is 0 Å². The van der Waals surface area contributed by atoms with Gasteiger partial charge in [0.1, 0.15) is 0 Å². The van der Waals surface area contributed by atoms with E-state index in [0.29, 0.717) is 32.6 Å². The Kier molecular flexibility index (Phi) is 4.22. The van der Waals surface area contributed by atoms with E-state index in [1.54, 1.807) is 0 Å². The first-order valence-corrected chi connectivity index (χ1v) is 6.74. The summed E-state index contributed by atoms with van der Waals surface area (Å²) >= 11 is 0. The summed E-state index contributed by atoms with van der Waals surface area (Å²) in [6.07, 6.45) is 1.39. The van der Waals surface area contributed by atoms with Crippen LogP contribution in [-0.2, 0) is 9.53 Å². The number of aryl methyl sites for hydroxylation is 2. The number of rotatable bonds is 3. The topological polar surface area (TPSA) is 64.4 Å². The number of ether oxygens (including phenoxy) is 1. The molecule has 1 aliphatic heterocycles. The number of amides is 1. The number of carbonyl (C=O) groups is 1. The SMILES string of the molecule is Cc1ccc(NC(=O)C2(CN)CCOCC2)cc1C. The van der Waals surface area contributed by atoms with Crippen molar-refractivity contribution < 1.29 is 9.53 Å². The molecule has 4 nitrogen and oxygen atoms in total. The van der Waals surface area contributed by atoms with Gasteiger partial charge < -0.3 is 15.8 Å². The molecule has 3 N–H and O–H groups in total. The average Bonchev–Trinajstić information content (AvgIpc) is 2.43. The van der Waals surface area contributed by atoms with Gasteiger partial charge in [-0.1, -0.05) is 6.07 Å². The van der Waals surface area contributed by atoms with Crippen molar-refractivity contribution in [3.63, 3.8) is 0 Å². The van der Waals surface area contributed by atoms with Crippen LogP contribution in [0.3, 0.4) is 0 Å². The Labute approximate surface area is 114 Å². The Morgan fingerprint density at radius 3 is 2.58 bits per heavy atom. The normalized spacial score (nSPS) is 18.1. The molecule has 1 heterocycles. The summed E-state index contributed by atoms with van der Waals surface area (Å²) in [6, 6.07) is 5.95. The second kappa shape index (κ2) is 5.72. The minimum atomic E-state index is -0.475. The molecular weight excluding hydrogens is 240 g/mol. The predicted octanol–water partition coefficient (Wildman–Crippen LogP) is 2.00. The molecule has 0 saturated carbocycles. The number of anilines is 1. The number of nitrogens with one attached hydrogen (secondary N) is 1. The molecule has 0 atom stereocenters. The fourth-order valence-electron chi connectivity index (χ4n) is 2.37. The first kappa shape index (κ1) is 14.0. The molecular formula is C15H22N2O2. The maximum atomic E-state index is 12.5. The molecule has 0 aliphatic carbocycles. The van der Waals surface area contributed by atoms with E-state index in [-0.39, 0.29) is 5.91 Å². The van der Waals surface area contributed by atoms with Crippen LogP contribution in [-0.4, -0.2) is 25.7 Å². The maximum absolute atomic E-state index is 12.5. The lowest BCUT2D eigenvalue weighted by atomic mass is 9.79. The van der Waals surface area contributed by atoms with Crippen LogP contribution in [0.15, 0.2) is 18.2 Å². The van der Waals surface area contributed by atoms with Crippen LogP contribution in [0.1, 0.15) is 24.0 Å². The second-order valence-electron chi connectivity index (χ2n) is 5.35. The molecule has 1 fully saturated rings. The zero-order valence-electron chi connectivity index (χ0n) is 11.7.